The Balaban J connectivity index is 1.66. The number of ether oxygens (including phenoxy) is 1. The number of esters is 1. The molecule has 0 atom stereocenters. The van der Waals surface area contributed by atoms with E-state index in [9.17, 15) is 19.2 Å². The fourth-order valence-electron chi connectivity index (χ4n) is 2.76. The highest BCUT2D eigenvalue weighted by Crippen LogP contribution is 2.44. The molecule has 1 heterocycles. The third-order valence-electron chi connectivity index (χ3n) is 4.26. The smallest absolute Gasteiger partial charge is 0.326 e. The first-order chi connectivity index (χ1) is 14.1. The molecule has 3 rings (SSSR count). The van der Waals surface area contributed by atoms with Gasteiger partial charge in [0.2, 0.25) is 0 Å². The molecule has 0 saturated heterocycles. The van der Waals surface area contributed by atoms with Gasteiger partial charge in [0.15, 0.2) is 6.61 Å². The Bertz CT molecular complexity index is 1060. The van der Waals surface area contributed by atoms with Gasteiger partial charge in [-0.3, -0.25) is 24.1 Å². The van der Waals surface area contributed by atoms with Crippen LogP contribution < -0.4 is 5.32 Å². The number of rotatable bonds is 5. The summed E-state index contributed by atoms with van der Waals surface area (Å²) < 4.78 is 4.87. The van der Waals surface area contributed by atoms with Crippen LogP contribution in [0.1, 0.15) is 26.3 Å². The van der Waals surface area contributed by atoms with Gasteiger partial charge in [-0.2, -0.15) is 0 Å². The lowest BCUT2D eigenvalue weighted by Crippen LogP contribution is -2.36. The number of nitrogens with one attached hydrogen (secondary N) is 1. The van der Waals surface area contributed by atoms with Gasteiger partial charge in [-0.25, -0.2) is 0 Å². The Labute approximate surface area is 190 Å². The van der Waals surface area contributed by atoms with Crippen LogP contribution in [0.15, 0.2) is 24.3 Å². The standard InChI is InChI=1S/C19H12Cl4N2O5/c1-8-4-2-3-5-9(8)24-10(26)7-30-11(27)6-25-18(28)12-13(19(25)29)15(21)17(23)16(22)14(12)20/h2-5H,6-7H2,1H3,(H,24,26). The molecule has 0 radical (unpaired) electrons. The van der Waals surface area contributed by atoms with Gasteiger partial charge in [0.1, 0.15) is 6.54 Å². The number of hydrogen-bond donors (Lipinski definition) is 1. The third-order valence-corrected chi connectivity index (χ3v) is 6.06. The molecule has 3 amide bonds. The number of hydrogen-bond acceptors (Lipinski definition) is 5. The van der Waals surface area contributed by atoms with Crippen molar-refractivity contribution in [3.8, 4) is 0 Å². The molecule has 0 unspecified atom stereocenters. The number of imide groups is 1. The molecule has 2 aromatic rings. The van der Waals surface area contributed by atoms with Gasteiger partial charge in [0.25, 0.3) is 17.7 Å². The van der Waals surface area contributed by atoms with Crippen LogP contribution in [0, 0.1) is 6.92 Å². The van der Waals surface area contributed by atoms with Crippen molar-refractivity contribution in [1.29, 1.82) is 0 Å². The highest BCUT2D eigenvalue weighted by molar-refractivity contribution is 6.55. The van der Waals surface area contributed by atoms with Gasteiger partial charge in [0.05, 0.1) is 31.2 Å². The molecule has 1 aliphatic rings. The monoisotopic (exact) mass is 488 g/mol. The fourth-order valence-corrected chi connectivity index (χ4v) is 3.77. The molecule has 30 heavy (non-hydrogen) atoms. The minimum atomic E-state index is -0.978. The molecule has 2 aromatic carbocycles. The molecule has 0 aromatic heterocycles. The van der Waals surface area contributed by atoms with Crippen molar-refractivity contribution >= 4 is 75.8 Å². The van der Waals surface area contributed by atoms with Gasteiger partial charge in [-0.1, -0.05) is 64.6 Å². The van der Waals surface area contributed by atoms with Gasteiger partial charge >= 0.3 is 5.97 Å². The van der Waals surface area contributed by atoms with Gasteiger partial charge in [-0.15, -0.1) is 0 Å². The minimum absolute atomic E-state index is 0.180. The topological polar surface area (TPSA) is 92.8 Å². The molecule has 0 bridgehead atoms. The molecule has 1 aliphatic heterocycles. The van der Waals surface area contributed by atoms with Crippen molar-refractivity contribution in [2.45, 2.75) is 6.92 Å². The van der Waals surface area contributed by atoms with E-state index in [-0.39, 0.29) is 31.2 Å². The van der Waals surface area contributed by atoms with E-state index in [1.165, 1.54) is 0 Å². The average molecular weight is 490 g/mol. The number of benzene rings is 2. The lowest BCUT2D eigenvalue weighted by atomic mass is 10.1. The minimum Gasteiger partial charge on any atom is -0.454 e. The first kappa shape index (κ1) is 22.4. The maximum Gasteiger partial charge on any atom is 0.326 e. The number of amides is 3. The summed E-state index contributed by atoms with van der Waals surface area (Å²) in [4.78, 5) is 49.8. The molecule has 0 spiro atoms. The van der Waals surface area contributed by atoms with E-state index in [1.54, 1.807) is 25.1 Å². The second-order valence-electron chi connectivity index (χ2n) is 6.23. The molecule has 0 aliphatic carbocycles. The van der Waals surface area contributed by atoms with E-state index >= 15 is 0 Å². The van der Waals surface area contributed by atoms with Crippen molar-refractivity contribution in [3.05, 3.63) is 61.0 Å². The maximum atomic E-state index is 12.6. The summed E-state index contributed by atoms with van der Waals surface area (Å²) in [5, 5.41) is 1.74. The predicted molar refractivity (Wildman–Crippen MR) is 113 cm³/mol. The molecule has 156 valence electrons. The van der Waals surface area contributed by atoms with E-state index in [0.29, 0.717) is 10.6 Å². The number of carbonyl (C=O) groups is 4. The van der Waals surface area contributed by atoms with Gasteiger partial charge in [-0.05, 0) is 18.6 Å². The van der Waals surface area contributed by atoms with Crippen LogP contribution in [0.5, 0.6) is 0 Å². The van der Waals surface area contributed by atoms with Crippen molar-refractivity contribution < 1.29 is 23.9 Å². The van der Waals surface area contributed by atoms with Crippen molar-refractivity contribution in [2.75, 3.05) is 18.5 Å². The summed E-state index contributed by atoms with van der Waals surface area (Å²) in [6.45, 7) is 0.458. The van der Waals surface area contributed by atoms with E-state index < -0.39 is 36.8 Å². The number of halogens is 4. The number of nitrogens with zero attached hydrogens (tertiary/aromatic N) is 1. The maximum absolute atomic E-state index is 12.6. The van der Waals surface area contributed by atoms with E-state index in [1.807, 2.05) is 6.07 Å². The van der Waals surface area contributed by atoms with Crippen LogP contribution in [0.3, 0.4) is 0 Å². The summed E-state index contributed by atoms with van der Waals surface area (Å²) in [7, 11) is 0. The van der Waals surface area contributed by atoms with Crippen LogP contribution in [0.25, 0.3) is 0 Å². The second-order valence-corrected chi connectivity index (χ2v) is 7.74. The largest absolute Gasteiger partial charge is 0.454 e. The number of aryl methyl sites for hydroxylation is 1. The Kier molecular flexibility index (Phi) is 6.57. The van der Waals surface area contributed by atoms with Crippen LogP contribution in [-0.2, 0) is 14.3 Å². The van der Waals surface area contributed by atoms with Gasteiger partial charge in [0, 0.05) is 5.69 Å². The Morgan fingerprint density at radius 2 is 1.47 bits per heavy atom. The summed E-state index contributed by atoms with van der Waals surface area (Å²) in [5.74, 6) is -3.30. The zero-order valence-corrected chi connectivity index (χ0v) is 18.2. The zero-order valence-electron chi connectivity index (χ0n) is 15.2. The lowest BCUT2D eigenvalue weighted by Gasteiger charge is -2.13. The number of para-hydroxylation sites is 1. The molecule has 7 nitrogen and oxygen atoms in total. The molecular weight excluding hydrogens is 478 g/mol. The summed E-state index contributed by atoms with van der Waals surface area (Å²) >= 11 is 23.9. The first-order valence-corrected chi connectivity index (χ1v) is 9.87. The van der Waals surface area contributed by atoms with Crippen LogP contribution >= 0.6 is 46.4 Å². The van der Waals surface area contributed by atoms with E-state index in [0.717, 1.165) is 5.56 Å². The molecule has 1 N–H and O–H groups in total. The molecule has 0 saturated carbocycles. The van der Waals surface area contributed by atoms with Crippen LogP contribution in [-0.4, -0.2) is 41.7 Å². The summed E-state index contributed by atoms with van der Waals surface area (Å²) in [5.41, 5.74) is 0.906. The number of anilines is 1. The Hall–Kier alpha value is -2.32. The number of carbonyl (C=O) groups excluding carboxylic acids is 4. The van der Waals surface area contributed by atoms with Gasteiger partial charge < -0.3 is 10.1 Å². The van der Waals surface area contributed by atoms with Crippen LogP contribution in [0.4, 0.5) is 5.69 Å². The van der Waals surface area contributed by atoms with Crippen molar-refractivity contribution in [3.63, 3.8) is 0 Å². The molecular formula is C19H12Cl4N2O5. The SMILES string of the molecule is Cc1ccccc1NC(=O)COC(=O)CN1C(=O)c2c(Cl)c(Cl)c(Cl)c(Cl)c2C1=O. The van der Waals surface area contributed by atoms with Crippen molar-refractivity contribution in [1.82, 2.24) is 4.90 Å². The van der Waals surface area contributed by atoms with E-state index in [4.69, 9.17) is 51.1 Å². The molecule has 11 heteroatoms. The quantitative estimate of drug-likeness (QED) is 0.291. The van der Waals surface area contributed by atoms with Crippen molar-refractivity contribution in [2.24, 2.45) is 0 Å². The highest BCUT2D eigenvalue weighted by atomic mass is 35.5. The first-order valence-electron chi connectivity index (χ1n) is 8.36. The highest BCUT2D eigenvalue weighted by Gasteiger charge is 2.42. The third kappa shape index (κ3) is 4.11. The average Bonchev–Trinajstić information content (AvgIpc) is 2.95. The number of fused-ring (bicyclic) bond motifs is 1. The second kappa shape index (κ2) is 8.81. The molecule has 0 fully saturated rings. The summed E-state index contributed by atoms with van der Waals surface area (Å²) in [6, 6.07) is 7.05. The normalized spacial score (nSPS) is 12.8. The van der Waals surface area contributed by atoms with Crippen LogP contribution in [0.2, 0.25) is 20.1 Å². The Morgan fingerprint density at radius 3 is 2.00 bits per heavy atom. The Morgan fingerprint density at radius 1 is 0.933 bits per heavy atom. The predicted octanol–water partition coefficient (Wildman–Crippen LogP) is 4.39. The lowest BCUT2D eigenvalue weighted by molar-refractivity contribution is -0.147. The fraction of sp³-hybridized carbons (Fsp3) is 0.158. The zero-order chi connectivity index (χ0) is 22.2. The van der Waals surface area contributed by atoms with E-state index in [2.05, 4.69) is 5.32 Å². The summed E-state index contributed by atoms with van der Waals surface area (Å²) in [6.07, 6.45) is 0.